The number of rotatable bonds is 2. The van der Waals surface area contributed by atoms with E-state index in [1.807, 2.05) is 13.8 Å². The van der Waals surface area contributed by atoms with Crippen LogP contribution in [0.25, 0.3) is 5.82 Å². The summed E-state index contributed by atoms with van der Waals surface area (Å²) in [7, 11) is 0. The Balaban J connectivity index is 2.46. The molecule has 16 heavy (non-hydrogen) atoms. The predicted molar refractivity (Wildman–Crippen MR) is 61.4 cm³/mol. The third kappa shape index (κ3) is 1.72. The van der Waals surface area contributed by atoms with Crippen LogP contribution in [0.4, 0.5) is 5.82 Å². The number of nitrogens with zero attached hydrogens (tertiary/aromatic N) is 4. The highest BCUT2D eigenvalue weighted by molar-refractivity contribution is 6.31. The van der Waals surface area contributed by atoms with Crippen LogP contribution in [0.5, 0.6) is 0 Å². The number of anilines is 1. The zero-order valence-corrected chi connectivity index (χ0v) is 9.65. The van der Waals surface area contributed by atoms with Crippen LogP contribution in [-0.2, 0) is 0 Å². The Morgan fingerprint density at radius 1 is 1.31 bits per heavy atom. The topological polar surface area (TPSA) is 81.7 Å². The Morgan fingerprint density at radius 2 is 2.06 bits per heavy atom. The lowest BCUT2D eigenvalue weighted by Gasteiger charge is -2.03. The molecule has 3 N–H and O–H groups in total. The first-order valence-corrected chi connectivity index (χ1v) is 5.03. The van der Waals surface area contributed by atoms with E-state index in [1.54, 1.807) is 16.8 Å². The van der Waals surface area contributed by atoms with E-state index < -0.39 is 0 Å². The molecule has 0 bridgehead atoms. The van der Waals surface area contributed by atoms with Gasteiger partial charge in [0.25, 0.3) is 0 Å². The van der Waals surface area contributed by atoms with E-state index in [0.29, 0.717) is 16.7 Å². The van der Waals surface area contributed by atoms with Gasteiger partial charge in [-0.05, 0) is 26.0 Å². The van der Waals surface area contributed by atoms with Crippen molar-refractivity contribution in [3.8, 4) is 5.82 Å². The summed E-state index contributed by atoms with van der Waals surface area (Å²) >= 11 is 6.04. The van der Waals surface area contributed by atoms with Crippen molar-refractivity contribution in [3.63, 3.8) is 0 Å². The van der Waals surface area contributed by atoms with E-state index in [1.165, 1.54) is 0 Å². The van der Waals surface area contributed by atoms with Gasteiger partial charge in [0.05, 0.1) is 16.4 Å². The number of nitrogen functional groups attached to an aromatic ring is 1. The van der Waals surface area contributed by atoms with Crippen LogP contribution in [0.2, 0.25) is 5.02 Å². The molecule has 0 aliphatic heterocycles. The molecule has 2 heterocycles. The molecule has 0 saturated heterocycles. The standard InChI is InChI=1S/C9H11ClN6/c1-5-9(10)6(2)16(15-5)8-4-3-7(12-11)13-14-8/h3-4H,11H2,1-2H3,(H,12,13). The fourth-order valence-corrected chi connectivity index (χ4v) is 1.48. The quantitative estimate of drug-likeness (QED) is 0.607. The smallest absolute Gasteiger partial charge is 0.176 e. The fourth-order valence-electron chi connectivity index (χ4n) is 1.36. The van der Waals surface area contributed by atoms with Crippen molar-refractivity contribution in [1.29, 1.82) is 0 Å². The molecule has 2 rings (SSSR count). The number of hydrazine groups is 1. The number of nitrogens with one attached hydrogen (secondary N) is 1. The molecule has 0 radical (unpaired) electrons. The monoisotopic (exact) mass is 238 g/mol. The number of hydrogen-bond acceptors (Lipinski definition) is 5. The van der Waals surface area contributed by atoms with Crippen LogP contribution in [0.1, 0.15) is 11.4 Å². The highest BCUT2D eigenvalue weighted by Crippen LogP contribution is 2.21. The zero-order valence-electron chi connectivity index (χ0n) is 8.90. The molecule has 0 atom stereocenters. The van der Waals surface area contributed by atoms with E-state index >= 15 is 0 Å². The summed E-state index contributed by atoms with van der Waals surface area (Å²) in [5.41, 5.74) is 4.01. The third-order valence-corrected chi connectivity index (χ3v) is 2.77. The van der Waals surface area contributed by atoms with E-state index in [0.717, 1.165) is 11.4 Å². The molecule has 6 nitrogen and oxygen atoms in total. The van der Waals surface area contributed by atoms with Gasteiger partial charge in [-0.3, -0.25) is 0 Å². The van der Waals surface area contributed by atoms with E-state index in [2.05, 4.69) is 20.7 Å². The van der Waals surface area contributed by atoms with Gasteiger partial charge in [0, 0.05) is 0 Å². The highest BCUT2D eigenvalue weighted by Gasteiger charge is 2.11. The largest absolute Gasteiger partial charge is 0.307 e. The molecule has 0 aromatic carbocycles. The van der Waals surface area contributed by atoms with Crippen molar-refractivity contribution in [1.82, 2.24) is 20.0 Å². The van der Waals surface area contributed by atoms with Crippen molar-refractivity contribution < 1.29 is 0 Å². The van der Waals surface area contributed by atoms with E-state index in [4.69, 9.17) is 17.4 Å². The van der Waals surface area contributed by atoms with Gasteiger partial charge in [-0.15, -0.1) is 10.2 Å². The second-order valence-electron chi connectivity index (χ2n) is 3.32. The lowest BCUT2D eigenvalue weighted by atomic mass is 10.4. The van der Waals surface area contributed by atoms with E-state index in [9.17, 15) is 0 Å². The SMILES string of the molecule is Cc1nn(-c2ccc(NN)nn2)c(C)c1Cl. The number of aryl methyl sites for hydroxylation is 1. The van der Waals surface area contributed by atoms with Crippen LogP contribution >= 0.6 is 11.6 Å². The highest BCUT2D eigenvalue weighted by atomic mass is 35.5. The molecule has 0 aliphatic carbocycles. The van der Waals surface area contributed by atoms with Crippen molar-refractivity contribution in [2.75, 3.05) is 5.43 Å². The van der Waals surface area contributed by atoms with Crippen LogP contribution in [0.3, 0.4) is 0 Å². The third-order valence-electron chi connectivity index (χ3n) is 2.22. The molecule has 2 aromatic heterocycles. The van der Waals surface area contributed by atoms with Gasteiger partial charge in [0.15, 0.2) is 11.6 Å². The van der Waals surface area contributed by atoms with Crippen molar-refractivity contribution in [3.05, 3.63) is 28.5 Å². The maximum absolute atomic E-state index is 6.04. The number of hydrogen-bond donors (Lipinski definition) is 2. The maximum atomic E-state index is 6.04. The van der Waals surface area contributed by atoms with E-state index in [-0.39, 0.29) is 0 Å². The summed E-state index contributed by atoms with van der Waals surface area (Å²) in [5.74, 6) is 6.30. The number of nitrogens with two attached hydrogens (primary N) is 1. The first-order chi connectivity index (χ1) is 7.63. The molecule has 2 aromatic rings. The first kappa shape index (κ1) is 10.8. The zero-order chi connectivity index (χ0) is 11.7. The molecular formula is C9H11ClN6. The second-order valence-corrected chi connectivity index (χ2v) is 3.70. The first-order valence-electron chi connectivity index (χ1n) is 4.66. The molecule has 0 unspecified atom stereocenters. The van der Waals surface area contributed by atoms with Crippen LogP contribution in [-0.4, -0.2) is 20.0 Å². The van der Waals surface area contributed by atoms with Crippen molar-refractivity contribution >= 4 is 17.4 Å². The Morgan fingerprint density at radius 3 is 2.50 bits per heavy atom. The summed E-state index contributed by atoms with van der Waals surface area (Å²) in [4.78, 5) is 0. The molecule has 0 aliphatic rings. The molecular weight excluding hydrogens is 228 g/mol. The van der Waals surface area contributed by atoms with Gasteiger partial charge in [-0.25, -0.2) is 10.5 Å². The van der Waals surface area contributed by atoms with Crippen LogP contribution in [0.15, 0.2) is 12.1 Å². The maximum Gasteiger partial charge on any atom is 0.176 e. The minimum atomic E-state index is 0.497. The fraction of sp³-hybridized carbons (Fsp3) is 0.222. The average molecular weight is 239 g/mol. The summed E-state index contributed by atoms with van der Waals surface area (Å²) in [5, 5.41) is 12.8. The van der Waals surface area contributed by atoms with Crippen molar-refractivity contribution in [2.45, 2.75) is 13.8 Å². The number of halogens is 1. The lowest BCUT2D eigenvalue weighted by molar-refractivity contribution is 0.782. The second kappa shape index (κ2) is 4.07. The molecule has 0 saturated carbocycles. The minimum absolute atomic E-state index is 0.497. The minimum Gasteiger partial charge on any atom is -0.307 e. The van der Waals surface area contributed by atoms with Gasteiger partial charge < -0.3 is 5.43 Å². The molecule has 0 amide bonds. The normalized spacial score (nSPS) is 10.5. The summed E-state index contributed by atoms with van der Waals surface area (Å²) in [6.45, 7) is 3.72. The van der Waals surface area contributed by atoms with Crippen LogP contribution in [0, 0.1) is 13.8 Å². The molecule has 7 heteroatoms. The van der Waals surface area contributed by atoms with Crippen LogP contribution < -0.4 is 11.3 Å². The molecule has 84 valence electrons. The Labute approximate surface area is 97.4 Å². The average Bonchev–Trinajstić information content (AvgIpc) is 2.57. The lowest BCUT2D eigenvalue weighted by Crippen LogP contribution is -2.10. The Kier molecular flexibility index (Phi) is 2.76. The Hall–Kier alpha value is -1.66. The van der Waals surface area contributed by atoms with Gasteiger partial charge >= 0.3 is 0 Å². The summed E-state index contributed by atoms with van der Waals surface area (Å²) in [6.07, 6.45) is 0. The predicted octanol–water partition coefficient (Wildman–Crippen LogP) is 1.22. The number of aromatic nitrogens is 4. The summed E-state index contributed by atoms with van der Waals surface area (Å²) in [6, 6.07) is 3.48. The van der Waals surface area contributed by atoms with Gasteiger partial charge in [0.1, 0.15) is 0 Å². The molecule has 0 fully saturated rings. The van der Waals surface area contributed by atoms with Gasteiger partial charge in [-0.2, -0.15) is 5.10 Å². The summed E-state index contributed by atoms with van der Waals surface area (Å²) < 4.78 is 1.64. The van der Waals surface area contributed by atoms with Gasteiger partial charge in [-0.1, -0.05) is 11.6 Å². The van der Waals surface area contributed by atoms with Gasteiger partial charge in [0.2, 0.25) is 0 Å². The van der Waals surface area contributed by atoms with Crippen molar-refractivity contribution in [2.24, 2.45) is 5.84 Å². The molecule has 0 spiro atoms. The Bertz CT molecular complexity index is 503.